The molecule has 0 spiro atoms. The zero-order valence-electron chi connectivity index (χ0n) is 24.7. The van der Waals surface area contributed by atoms with Crippen LogP contribution in [0, 0.1) is 19.8 Å². The predicted octanol–water partition coefficient (Wildman–Crippen LogP) is 4.64. The first-order valence-electron chi connectivity index (χ1n) is 13.7. The number of hydrogen-bond donors (Lipinski definition) is 1. The fraction of sp³-hybridized carbons (Fsp3) is 0.438. The molecule has 1 amide bonds. The molecule has 2 heterocycles. The number of likely N-dealkylation sites (N-methyl/N-ethyl adjacent to an activating group) is 1. The number of methoxy groups -OCH3 is 1. The zero-order valence-corrected chi connectivity index (χ0v) is 24.7. The van der Waals surface area contributed by atoms with Crippen molar-refractivity contribution in [3.63, 3.8) is 0 Å². The molecule has 8 heteroatoms. The fourth-order valence-corrected chi connectivity index (χ4v) is 4.91. The summed E-state index contributed by atoms with van der Waals surface area (Å²) in [6.07, 6.45) is 6.40. The van der Waals surface area contributed by atoms with Crippen molar-refractivity contribution in [2.75, 3.05) is 27.7 Å². The monoisotopic (exact) mass is 546 g/mol. The van der Waals surface area contributed by atoms with Crippen LogP contribution < -0.4 is 10.9 Å². The first-order chi connectivity index (χ1) is 19.0. The van der Waals surface area contributed by atoms with Crippen LogP contribution in [0.3, 0.4) is 0 Å². The van der Waals surface area contributed by atoms with E-state index in [0.717, 1.165) is 40.8 Å². The predicted molar refractivity (Wildman–Crippen MR) is 158 cm³/mol. The summed E-state index contributed by atoms with van der Waals surface area (Å²) in [5, 5.41) is 3.06. The van der Waals surface area contributed by atoms with E-state index in [-0.39, 0.29) is 23.8 Å². The van der Waals surface area contributed by atoms with Crippen molar-refractivity contribution in [2.24, 2.45) is 5.92 Å². The fourth-order valence-electron chi connectivity index (χ4n) is 4.91. The van der Waals surface area contributed by atoms with E-state index in [1.54, 1.807) is 18.6 Å². The summed E-state index contributed by atoms with van der Waals surface area (Å²) in [4.78, 5) is 45.8. The number of benzene rings is 1. The number of aromatic nitrogens is 2. The summed E-state index contributed by atoms with van der Waals surface area (Å²) in [5.74, 6) is -0.626. The lowest BCUT2D eigenvalue weighted by molar-refractivity contribution is -0.141. The smallest absolute Gasteiger partial charge is 0.307 e. The quantitative estimate of drug-likeness (QED) is 0.333. The highest BCUT2D eigenvalue weighted by molar-refractivity contribution is 5.82. The first-order valence-corrected chi connectivity index (χ1v) is 13.7. The van der Waals surface area contributed by atoms with Crippen LogP contribution in [0.5, 0.6) is 0 Å². The molecule has 1 N–H and O–H groups in total. The lowest BCUT2D eigenvalue weighted by atomic mass is 9.94. The number of rotatable bonds is 12. The maximum absolute atomic E-state index is 13.9. The van der Waals surface area contributed by atoms with Crippen LogP contribution in [-0.2, 0) is 20.7 Å². The Hall–Kier alpha value is -3.78. The van der Waals surface area contributed by atoms with E-state index >= 15 is 0 Å². The molecule has 0 aliphatic rings. The number of pyridine rings is 2. The Labute approximate surface area is 237 Å². The Morgan fingerprint density at radius 2 is 1.77 bits per heavy atom. The van der Waals surface area contributed by atoms with Crippen molar-refractivity contribution in [1.82, 2.24) is 19.8 Å². The highest BCUT2D eigenvalue weighted by Crippen LogP contribution is 2.30. The third-order valence-corrected chi connectivity index (χ3v) is 7.03. The van der Waals surface area contributed by atoms with Gasteiger partial charge in [-0.2, -0.15) is 0 Å². The van der Waals surface area contributed by atoms with E-state index in [9.17, 15) is 14.4 Å². The molecule has 1 aromatic carbocycles. The molecule has 3 aromatic rings. The number of hydrogen-bond acceptors (Lipinski definition) is 6. The Bertz CT molecular complexity index is 1360. The average Bonchev–Trinajstić information content (AvgIpc) is 2.90. The van der Waals surface area contributed by atoms with Gasteiger partial charge in [0, 0.05) is 36.8 Å². The Balaban J connectivity index is 1.99. The summed E-state index contributed by atoms with van der Waals surface area (Å²) >= 11 is 0. The molecule has 0 saturated carbocycles. The summed E-state index contributed by atoms with van der Waals surface area (Å²) < 4.78 is 6.49. The van der Waals surface area contributed by atoms with E-state index < -0.39 is 18.1 Å². The second kappa shape index (κ2) is 14.0. The van der Waals surface area contributed by atoms with E-state index in [2.05, 4.69) is 15.2 Å². The lowest BCUT2D eigenvalue weighted by Gasteiger charge is -2.26. The molecule has 0 bridgehead atoms. The molecule has 40 heavy (non-hydrogen) atoms. The molecule has 0 fully saturated rings. The van der Waals surface area contributed by atoms with Crippen molar-refractivity contribution < 1.29 is 14.3 Å². The number of carbonyl (C=O) groups is 2. The molecule has 2 aromatic heterocycles. The van der Waals surface area contributed by atoms with Crippen molar-refractivity contribution in [2.45, 2.75) is 59.0 Å². The Morgan fingerprint density at radius 3 is 2.40 bits per heavy atom. The van der Waals surface area contributed by atoms with Crippen LogP contribution in [0.1, 0.15) is 61.0 Å². The van der Waals surface area contributed by atoms with Crippen molar-refractivity contribution >= 4 is 11.9 Å². The second-order valence-electron chi connectivity index (χ2n) is 11.1. The van der Waals surface area contributed by atoms with Crippen molar-refractivity contribution in [3.8, 4) is 11.1 Å². The SMILES string of the molecule is COC(=O)CC(NC(=O)[C@H](CC(C)C)n1cc(CCN(C)C)ccc1=O)c1cncc(-c2c(C)cccc2C)c1. The molecule has 0 saturated heterocycles. The number of carbonyl (C=O) groups excluding carboxylic acids is 2. The molecule has 214 valence electrons. The maximum atomic E-state index is 13.9. The number of amides is 1. The summed E-state index contributed by atoms with van der Waals surface area (Å²) in [7, 11) is 5.32. The topological polar surface area (TPSA) is 93.5 Å². The van der Waals surface area contributed by atoms with Crippen molar-refractivity contribution in [3.05, 3.63) is 87.6 Å². The van der Waals surface area contributed by atoms with Gasteiger partial charge in [-0.1, -0.05) is 38.1 Å². The maximum Gasteiger partial charge on any atom is 0.307 e. The van der Waals surface area contributed by atoms with Gasteiger partial charge in [-0.05, 0) is 80.6 Å². The molecule has 0 aliphatic carbocycles. The Morgan fingerprint density at radius 1 is 1.07 bits per heavy atom. The first kappa shape index (κ1) is 30.8. The standard InChI is InChI=1S/C32H42N4O4/c1-21(2)15-28(36-20-24(11-12-29(36)37)13-14-35(5)6)32(39)34-27(17-30(38)40-7)25-16-26(19-33-18-25)31-22(3)9-8-10-23(31)4/h8-12,16,18-21,27-28H,13-15,17H2,1-7H3,(H,34,39)/t27?,28-/m0/s1. The van der Waals surface area contributed by atoms with E-state index in [1.807, 2.05) is 72.1 Å². The molecule has 3 rings (SSSR count). The minimum absolute atomic E-state index is 0.0632. The normalized spacial score (nSPS) is 12.8. The van der Waals surface area contributed by atoms with Crippen molar-refractivity contribution in [1.29, 1.82) is 0 Å². The number of esters is 1. The number of aryl methyl sites for hydroxylation is 2. The summed E-state index contributed by atoms with van der Waals surface area (Å²) in [5.41, 5.74) is 5.62. The van der Waals surface area contributed by atoms with Gasteiger partial charge in [-0.3, -0.25) is 19.4 Å². The van der Waals surface area contributed by atoms with Crippen LogP contribution in [0.2, 0.25) is 0 Å². The molecule has 0 aliphatic heterocycles. The van der Waals surface area contributed by atoms with Crippen LogP contribution in [0.25, 0.3) is 11.1 Å². The summed E-state index contributed by atoms with van der Waals surface area (Å²) in [6.45, 7) is 8.95. The van der Waals surface area contributed by atoms with E-state index in [1.165, 1.54) is 17.7 Å². The van der Waals surface area contributed by atoms with E-state index in [4.69, 9.17) is 4.74 Å². The number of ether oxygens (including phenoxy) is 1. The molecular weight excluding hydrogens is 504 g/mol. The Kier molecular flexibility index (Phi) is 10.8. The van der Waals surface area contributed by atoms with Gasteiger partial charge in [0.2, 0.25) is 5.91 Å². The van der Waals surface area contributed by atoms with Gasteiger partial charge in [0.1, 0.15) is 6.04 Å². The molecule has 8 nitrogen and oxygen atoms in total. The van der Waals surface area contributed by atoms with Gasteiger partial charge >= 0.3 is 5.97 Å². The number of nitrogens with one attached hydrogen (secondary N) is 1. The lowest BCUT2D eigenvalue weighted by Crippen LogP contribution is -2.40. The van der Waals surface area contributed by atoms with Crippen LogP contribution in [-0.4, -0.2) is 54.1 Å². The third kappa shape index (κ3) is 8.11. The van der Waals surface area contributed by atoms with E-state index in [0.29, 0.717) is 12.0 Å². The molecular formula is C32H42N4O4. The van der Waals surface area contributed by atoms with Crippen LogP contribution in [0.15, 0.2) is 59.8 Å². The van der Waals surface area contributed by atoms with Crippen LogP contribution in [0.4, 0.5) is 0 Å². The highest BCUT2D eigenvalue weighted by atomic mass is 16.5. The molecule has 0 radical (unpaired) electrons. The molecule has 2 atom stereocenters. The largest absolute Gasteiger partial charge is 0.469 e. The zero-order chi connectivity index (χ0) is 29.4. The number of nitrogens with zero attached hydrogens (tertiary/aromatic N) is 3. The second-order valence-corrected chi connectivity index (χ2v) is 11.1. The summed E-state index contributed by atoms with van der Waals surface area (Å²) in [6, 6.07) is 9.99. The third-order valence-electron chi connectivity index (χ3n) is 7.03. The van der Waals surface area contributed by atoms with Crippen LogP contribution >= 0.6 is 0 Å². The van der Waals surface area contributed by atoms with Gasteiger partial charge in [0.15, 0.2) is 0 Å². The van der Waals surface area contributed by atoms with Gasteiger partial charge in [0.05, 0.1) is 19.6 Å². The van der Waals surface area contributed by atoms with Gasteiger partial charge in [-0.15, -0.1) is 0 Å². The van der Waals surface area contributed by atoms with Gasteiger partial charge in [0.25, 0.3) is 5.56 Å². The minimum Gasteiger partial charge on any atom is -0.469 e. The highest BCUT2D eigenvalue weighted by Gasteiger charge is 2.27. The minimum atomic E-state index is -0.735. The average molecular weight is 547 g/mol. The van der Waals surface area contributed by atoms with Gasteiger partial charge < -0.3 is 19.5 Å². The van der Waals surface area contributed by atoms with Gasteiger partial charge in [-0.25, -0.2) is 0 Å². The molecule has 1 unspecified atom stereocenters.